The summed E-state index contributed by atoms with van der Waals surface area (Å²) < 4.78 is 0. The smallest absolute Gasteiger partial charge is 0.322 e. The molecule has 14 heavy (non-hydrogen) atoms. The third-order valence-electron chi connectivity index (χ3n) is 2.34. The molecule has 76 valence electrons. The zero-order valence-electron chi connectivity index (χ0n) is 8.06. The molecule has 2 rings (SSSR count). The summed E-state index contributed by atoms with van der Waals surface area (Å²) in [6.07, 6.45) is 9.42. The average molecular weight is 194 g/mol. The summed E-state index contributed by atoms with van der Waals surface area (Å²) in [6, 6.07) is 0. The van der Waals surface area contributed by atoms with Crippen LogP contribution in [0, 0.1) is 0 Å². The standard InChI is InChI=1S/C10H14N2O2/c13-10(11-6-4-5-7-11)14-12-8-2-1-3-9-12/h1-3,8H,4-7,9H2. The summed E-state index contributed by atoms with van der Waals surface area (Å²) in [5.41, 5.74) is 0. The van der Waals surface area contributed by atoms with Crippen molar-refractivity contribution >= 4 is 6.09 Å². The molecule has 0 bridgehead atoms. The summed E-state index contributed by atoms with van der Waals surface area (Å²) in [5, 5.41) is 1.54. The van der Waals surface area contributed by atoms with Gasteiger partial charge >= 0.3 is 6.09 Å². The van der Waals surface area contributed by atoms with Crippen molar-refractivity contribution < 1.29 is 9.63 Å². The fraction of sp³-hybridized carbons (Fsp3) is 0.500. The van der Waals surface area contributed by atoms with E-state index < -0.39 is 0 Å². The lowest BCUT2D eigenvalue weighted by Gasteiger charge is -2.22. The highest BCUT2D eigenvalue weighted by Crippen LogP contribution is 2.10. The molecule has 4 heteroatoms. The van der Waals surface area contributed by atoms with E-state index in [4.69, 9.17) is 4.84 Å². The lowest BCUT2D eigenvalue weighted by atomic mass is 10.4. The number of carbonyl (C=O) groups is 1. The van der Waals surface area contributed by atoms with Crippen LogP contribution in [0.4, 0.5) is 4.79 Å². The summed E-state index contributed by atoms with van der Waals surface area (Å²) >= 11 is 0. The van der Waals surface area contributed by atoms with E-state index in [0.29, 0.717) is 6.54 Å². The van der Waals surface area contributed by atoms with E-state index >= 15 is 0 Å². The first-order valence-electron chi connectivity index (χ1n) is 4.93. The number of hydrogen-bond acceptors (Lipinski definition) is 3. The molecule has 0 aromatic carbocycles. The van der Waals surface area contributed by atoms with Crippen molar-refractivity contribution in [3.63, 3.8) is 0 Å². The largest absolute Gasteiger partial charge is 0.434 e. The third-order valence-corrected chi connectivity index (χ3v) is 2.34. The summed E-state index contributed by atoms with van der Waals surface area (Å²) in [5.74, 6) is 0. The number of amides is 1. The first-order valence-corrected chi connectivity index (χ1v) is 4.93. The molecule has 0 aromatic rings. The normalized spacial score (nSPS) is 20.3. The van der Waals surface area contributed by atoms with Crippen molar-refractivity contribution in [3.8, 4) is 0 Å². The predicted octanol–water partition coefficient (Wildman–Crippen LogP) is 1.52. The Morgan fingerprint density at radius 2 is 2.00 bits per heavy atom. The maximum atomic E-state index is 11.5. The van der Waals surface area contributed by atoms with Crippen molar-refractivity contribution in [2.45, 2.75) is 12.8 Å². The quantitative estimate of drug-likeness (QED) is 0.634. The molecule has 0 spiro atoms. The van der Waals surface area contributed by atoms with E-state index in [1.165, 1.54) is 0 Å². The monoisotopic (exact) mass is 194 g/mol. The third kappa shape index (κ3) is 2.07. The Bertz CT molecular complexity index is 267. The van der Waals surface area contributed by atoms with Crippen LogP contribution in [-0.2, 0) is 4.84 Å². The Kier molecular flexibility index (Phi) is 2.72. The van der Waals surface area contributed by atoms with E-state index in [0.717, 1.165) is 25.9 Å². The van der Waals surface area contributed by atoms with Crippen LogP contribution in [0.25, 0.3) is 0 Å². The Morgan fingerprint density at radius 1 is 1.21 bits per heavy atom. The van der Waals surface area contributed by atoms with Crippen molar-refractivity contribution in [2.75, 3.05) is 19.6 Å². The van der Waals surface area contributed by atoms with Crippen LogP contribution in [0.3, 0.4) is 0 Å². The van der Waals surface area contributed by atoms with E-state index in [1.54, 1.807) is 16.2 Å². The minimum absolute atomic E-state index is 0.234. The van der Waals surface area contributed by atoms with Crippen LogP contribution in [0.1, 0.15) is 12.8 Å². The number of nitrogens with zero attached hydrogens (tertiary/aromatic N) is 2. The molecule has 2 heterocycles. The highest BCUT2D eigenvalue weighted by molar-refractivity contribution is 5.67. The van der Waals surface area contributed by atoms with Crippen molar-refractivity contribution in [1.29, 1.82) is 0 Å². The SMILES string of the molecule is O=C(ON1C=CC=CC1)N1CCCC1. The number of hydroxylamine groups is 2. The van der Waals surface area contributed by atoms with E-state index in [1.807, 2.05) is 18.2 Å². The van der Waals surface area contributed by atoms with Gasteiger partial charge in [0.05, 0.1) is 6.54 Å². The number of likely N-dealkylation sites (tertiary alicyclic amines) is 1. The van der Waals surface area contributed by atoms with E-state index in [9.17, 15) is 4.79 Å². The lowest BCUT2D eigenvalue weighted by molar-refractivity contribution is -0.0637. The van der Waals surface area contributed by atoms with Gasteiger partial charge in [-0.3, -0.25) is 0 Å². The second-order valence-corrected chi connectivity index (χ2v) is 3.42. The molecule has 0 radical (unpaired) electrons. The molecule has 0 unspecified atom stereocenters. The summed E-state index contributed by atoms with van der Waals surface area (Å²) in [6.45, 7) is 2.29. The second-order valence-electron chi connectivity index (χ2n) is 3.42. The Morgan fingerprint density at radius 3 is 2.64 bits per heavy atom. The number of rotatable bonds is 1. The van der Waals surface area contributed by atoms with Gasteiger partial charge in [-0.2, -0.15) is 0 Å². The maximum absolute atomic E-state index is 11.5. The molecule has 2 aliphatic rings. The highest BCUT2D eigenvalue weighted by Gasteiger charge is 2.20. The molecule has 2 aliphatic heterocycles. The van der Waals surface area contributed by atoms with Crippen LogP contribution in [0.5, 0.6) is 0 Å². The Hall–Kier alpha value is -1.45. The highest BCUT2D eigenvalue weighted by atomic mass is 16.7. The molecule has 0 N–H and O–H groups in total. The lowest BCUT2D eigenvalue weighted by Crippen LogP contribution is -2.34. The zero-order chi connectivity index (χ0) is 9.80. The van der Waals surface area contributed by atoms with Crippen LogP contribution >= 0.6 is 0 Å². The molecule has 4 nitrogen and oxygen atoms in total. The topological polar surface area (TPSA) is 32.8 Å². The molecule has 0 atom stereocenters. The molecule has 0 aliphatic carbocycles. The number of carbonyl (C=O) groups excluding carboxylic acids is 1. The van der Waals surface area contributed by atoms with Gasteiger partial charge in [0.2, 0.25) is 0 Å². The molecular weight excluding hydrogens is 180 g/mol. The van der Waals surface area contributed by atoms with Crippen molar-refractivity contribution in [2.24, 2.45) is 0 Å². The van der Waals surface area contributed by atoms with E-state index in [-0.39, 0.29) is 6.09 Å². The molecule has 1 fully saturated rings. The second kappa shape index (κ2) is 4.17. The van der Waals surface area contributed by atoms with Crippen molar-refractivity contribution in [1.82, 2.24) is 9.96 Å². The first kappa shape index (κ1) is 9.12. The van der Waals surface area contributed by atoms with E-state index in [2.05, 4.69) is 0 Å². The Balaban J connectivity index is 1.81. The number of allylic oxidation sites excluding steroid dienone is 2. The van der Waals surface area contributed by atoms with Crippen LogP contribution in [-0.4, -0.2) is 35.7 Å². The minimum Gasteiger partial charge on any atom is -0.322 e. The van der Waals surface area contributed by atoms with Gasteiger partial charge in [-0.05, 0) is 18.9 Å². The first-order chi connectivity index (χ1) is 6.86. The average Bonchev–Trinajstić information content (AvgIpc) is 2.72. The van der Waals surface area contributed by atoms with Gasteiger partial charge in [-0.1, -0.05) is 12.2 Å². The van der Waals surface area contributed by atoms with Crippen LogP contribution in [0.2, 0.25) is 0 Å². The summed E-state index contributed by atoms with van der Waals surface area (Å²) in [4.78, 5) is 18.4. The van der Waals surface area contributed by atoms with Gasteiger partial charge in [-0.25, -0.2) is 9.86 Å². The summed E-state index contributed by atoms with van der Waals surface area (Å²) in [7, 11) is 0. The van der Waals surface area contributed by atoms with Gasteiger partial charge in [0.15, 0.2) is 0 Å². The Labute approximate surface area is 83.4 Å². The van der Waals surface area contributed by atoms with Gasteiger partial charge in [0, 0.05) is 19.3 Å². The number of hydrogen-bond donors (Lipinski definition) is 0. The van der Waals surface area contributed by atoms with Crippen LogP contribution in [0.15, 0.2) is 24.4 Å². The van der Waals surface area contributed by atoms with Crippen molar-refractivity contribution in [3.05, 3.63) is 24.4 Å². The van der Waals surface area contributed by atoms with Gasteiger partial charge in [0.1, 0.15) is 0 Å². The molecule has 1 saturated heterocycles. The fourth-order valence-electron chi connectivity index (χ4n) is 1.58. The maximum Gasteiger partial charge on any atom is 0.434 e. The predicted molar refractivity (Wildman–Crippen MR) is 52.3 cm³/mol. The zero-order valence-corrected chi connectivity index (χ0v) is 8.06. The minimum atomic E-state index is -0.234. The molecular formula is C10H14N2O2. The molecule has 0 aromatic heterocycles. The fourth-order valence-corrected chi connectivity index (χ4v) is 1.58. The van der Waals surface area contributed by atoms with Gasteiger partial charge in [-0.15, -0.1) is 0 Å². The molecule has 1 amide bonds. The van der Waals surface area contributed by atoms with Gasteiger partial charge < -0.3 is 9.74 Å². The molecule has 0 saturated carbocycles. The van der Waals surface area contributed by atoms with Gasteiger partial charge in [0.25, 0.3) is 0 Å². The van der Waals surface area contributed by atoms with Crippen LogP contribution < -0.4 is 0 Å².